The molecule has 0 fully saturated rings. The van der Waals surface area contributed by atoms with Crippen molar-refractivity contribution in [3.05, 3.63) is 41.4 Å². The van der Waals surface area contributed by atoms with Gasteiger partial charge in [-0.1, -0.05) is 11.3 Å². The second-order valence-corrected chi connectivity index (χ2v) is 5.25. The molecule has 0 aliphatic carbocycles. The van der Waals surface area contributed by atoms with E-state index >= 15 is 0 Å². The molecule has 3 aromatic rings. The van der Waals surface area contributed by atoms with Crippen molar-refractivity contribution in [3.63, 3.8) is 0 Å². The zero-order valence-corrected chi connectivity index (χ0v) is 11.6. The Hall–Kier alpha value is -2.35. The number of nitrogens with zero attached hydrogens (tertiary/aromatic N) is 6. The van der Waals surface area contributed by atoms with Gasteiger partial charge in [-0.05, 0) is 24.1 Å². The van der Waals surface area contributed by atoms with Crippen molar-refractivity contribution in [3.8, 4) is 0 Å². The summed E-state index contributed by atoms with van der Waals surface area (Å²) in [7, 11) is 1.77. The highest BCUT2D eigenvalue weighted by Gasteiger charge is 2.17. The number of hydrogen-bond donors (Lipinski definition) is 0. The summed E-state index contributed by atoms with van der Waals surface area (Å²) in [6, 6.07) is 3.89. The van der Waals surface area contributed by atoms with Gasteiger partial charge in [0.05, 0.1) is 0 Å². The minimum absolute atomic E-state index is 0.102. The zero-order chi connectivity index (χ0) is 13.9. The van der Waals surface area contributed by atoms with Crippen LogP contribution in [0.4, 0.5) is 0 Å². The molecule has 0 unspecified atom stereocenters. The van der Waals surface area contributed by atoms with Crippen molar-refractivity contribution in [2.24, 2.45) is 0 Å². The molecule has 0 atom stereocenters. The molecule has 8 heteroatoms. The van der Waals surface area contributed by atoms with Gasteiger partial charge in [-0.25, -0.2) is 0 Å². The van der Waals surface area contributed by atoms with Crippen molar-refractivity contribution in [1.29, 1.82) is 0 Å². The van der Waals surface area contributed by atoms with E-state index in [2.05, 4.69) is 20.3 Å². The van der Waals surface area contributed by atoms with Crippen LogP contribution in [0.2, 0.25) is 0 Å². The van der Waals surface area contributed by atoms with Gasteiger partial charge in [0.1, 0.15) is 6.33 Å². The number of carbonyl (C=O) groups is 1. The maximum Gasteiger partial charge on any atom is 0.284 e. The molecule has 0 bridgehead atoms. The summed E-state index contributed by atoms with van der Waals surface area (Å²) in [6.07, 6.45) is 5.77. The standard InChI is InChI=1S/C12H12N6OS/c1-17(7-4-9-2-5-13-6-3-9)11(19)10-16-18-8-14-15-12(18)20-10/h2-3,5-6,8H,4,7H2,1H3. The van der Waals surface area contributed by atoms with Crippen molar-refractivity contribution >= 4 is 22.2 Å². The fraction of sp³-hybridized carbons (Fsp3) is 0.250. The van der Waals surface area contributed by atoms with E-state index in [-0.39, 0.29) is 5.91 Å². The van der Waals surface area contributed by atoms with Gasteiger partial charge in [0, 0.05) is 26.0 Å². The van der Waals surface area contributed by atoms with E-state index in [9.17, 15) is 4.79 Å². The predicted molar refractivity (Wildman–Crippen MR) is 73.6 cm³/mol. The van der Waals surface area contributed by atoms with Crippen LogP contribution in [0.25, 0.3) is 4.96 Å². The molecule has 0 aliphatic rings. The van der Waals surface area contributed by atoms with E-state index in [1.165, 1.54) is 22.2 Å². The molecule has 0 radical (unpaired) electrons. The van der Waals surface area contributed by atoms with Crippen LogP contribution >= 0.6 is 11.3 Å². The lowest BCUT2D eigenvalue weighted by Gasteiger charge is -2.15. The quantitative estimate of drug-likeness (QED) is 0.713. The summed E-state index contributed by atoms with van der Waals surface area (Å²) < 4.78 is 1.51. The van der Waals surface area contributed by atoms with Crippen LogP contribution in [0, 0.1) is 0 Å². The Labute approximate surface area is 118 Å². The summed E-state index contributed by atoms with van der Waals surface area (Å²) in [6.45, 7) is 0.628. The third-order valence-electron chi connectivity index (χ3n) is 2.90. The Morgan fingerprint density at radius 3 is 2.95 bits per heavy atom. The number of fused-ring (bicyclic) bond motifs is 1. The van der Waals surface area contributed by atoms with E-state index in [0.29, 0.717) is 16.5 Å². The van der Waals surface area contributed by atoms with Gasteiger partial charge in [0.25, 0.3) is 5.91 Å². The minimum Gasteiger partial charge on any atom is -0.339 e. The number of hydrogen-bond acceptors (Lipinski definition) is 6. The third kappa shape index (κ3) is 2.50. The molecule has 0 aliphatic heterocycles. The summed E-state index contributed by atoms with van der Waals surface area (Å²) in [5.74, 6) is -0.102. The van der Waals surface area contributed by atoms with Crippen LogP contribution in [0.15, 0.2) is 30.9 Å². The van der Waals surface area contributed by atoms with E-state index in [1.807, 2.05) is 12.1 Å². The fourth-order valence-electron chi connectivity index (χ4n) is 1.76. The van der Waals surface area contributed by atoms with Gasteiger partial charge in [-0.3, -0.25) is 9.78 Å². The van der Waals surface area contributed by atoms with Crippen LogP contribution < -0.4 is 0 Å². The minimum atomic E-state index is -0.102. The second kappa shape index (κ2) is 5.33. The van der Waals surface area contributed by atoms with Crippen LogP contribution in [-0.2, 0) is 6.42 Å². The molecule has 102 valence electrons. The monoisotopic (exact) mass is 288 g/mol. The maximum atomic E-state index is 12.2. The van der Waals surface area contributed by atoms with Gasteiger partial charge >= 0.3 is 0 Å². The highest BCUT2D eigenvalue weighted by atomic mass is 32.1. The Bertz CT molecular complexity index is 693. The lowest BCUT2D eigenvalue weighted by atomic mass is 10.2. The number of aromatic nitrogens is 5. The Morgan fingerprint density at radius 1 is 1.40 bits per heavy atom. The van der Waals surface area contributed by atoms with Gasteiger partial charge in [-0.2, -0.15) is 4.52 Å². The number of amides is 1. The first-order chi connectivity index (χ1) is 9.74. The fourth-order valence-corrected chi connectivity index (χ4v) is 2.57. The lowest BCUT2D eigenvalue weighted by Crippen LogP contribution is -2.28. The number of rotatable bonds is 4. The average Bonchev–Trinajstić information content (AvgIpc) is 3.06. The van der Waals surface area contributed by atoms with Gasteiger partial charge in [0.2, 0.25) is 9.97 Å². The molecule has 0 saturated carbocycles. The molecule has 0 N–H and O–H groups in total. The lowest BCUT2D eigenvalue weighted by molar-refractivity contribution is 0.0795. The molecule has 20 heavy (non-hydrogen) atoms. The van der Waals surface area contributed by atoms with E-state index in [4.69, 9.17) is 0 Å². The molecule has 0 spiro atoms. The summed E-state index contributed by atoms with van der Waals surface area (Å²) in [4.78, 5) is 18.5. The SMILES string of the molecule is CN(CCc1ccncc1)C(=O)c1nn2cnnc2s1. The van der Waals surface area contributed by atoms with Crippen molar-refractivity contribution < 1.29 is 4.79 Å². The van der Waals surface area contributed by atoms with Crippen LogP contribution in [0.1, 0.15) is 15.4 Å². The van der Waals surface area contributed by atoms with Crippen LogP contribution in [0.3, 0.4) is 0 Å². The van der Waals surface area contributed by atoms with Crippen molar-refractivity contribution in [2.75, 3.05) is 13.6 Å². The highest BCUT2D eigenvalue weighted by Crippen LogP contribution is 2.13. The number of likely N-dealkylation sites (N-methyl/N-ethyl adjacent to an activating group) is 1. The van der Waals surface area contributed by atoms with E-state index in [0.717, 1.165) is 12.0 Å². The van der Waals surface area contributed by atoms with E-state index < -0.39 is 0 Å². The molecule has 0 aromatic carbocycles. The number of pyridine rings is 1. The molecule has 7 nitrogen and oxygen atoms in total. The first-order valence-corrected chi connectivity index (χ1v) is 6.87. The van der Waals surface area contributed by atoms with Gasteiger partial charge in [0.15, 0.2) is 0 Å². The van der Waals surface area contributed by atoms with Crippen LogP contribution in [0.5, 0.6) is 0 Å². The third-order valence-corrected chi connectivity index (χ3v) is 3.80. The second-order valence-electron chi connectivity index (χ2n) is 4.30. The van der Waals surface area contributed by atoms with Gasteiger partial charge < -0.3 is 4.90 Å². The summed E-state index contributed by atoms with van der Waals surface area (Å²) in [5.41, 5.74) is 1.15. The zero-order valence-electron chi connectivity index (χ0n) is 10.8. The predicted octanol–water partition coefficient (Wildman–Crippen LogP) is 0.895. The normalized spacial score (nSPS) is 10.8. The number of carbonyl (C=O) groups excluding carboxylic acids is 1. The largest absolute Gasteiger partial charge is 0.339 e. The molecule has 3 rings (SSSR count). The highest BCUT2D eigenvalue weighted by molar-refractivity contribution is 7.18. The maximum absolute atomic E-state index is 12.2. The molecule has 3 aromatic heterocycles. The Morgan fingerprint density at radius 2 is 2.20 bits per heavy atom. The first-order valence-electron chi connectivity index (χ1n) is 6.05. The smallest absolute Gasteiger partial charge is 0.284 e. The van der Waals surface area contributed by atoms with Crippen molar-refractivity contribution in [2.45, 2.75) is 6.42 Å². The molecular weight excluding hydrogens is 276 g/mol. The Balaban J connectivity index is 1.66. The topological polar surface area (TPSA) is 76.3 Å². The molecule has 0 saturated heterocycles. The molecular formula is C12H12N6OS. The van der Waals surface area contributed by atoms with Crippen LogP contribution in [-0.4, -0.2) is 49.2 Å². The summed E-state index contributed by atoms with van der Waals surface area (Å²) in [5, 5.41) is 12.2. The van der Waals surface area contributed by atoms with Gasteiger partial charge in [-0.15, -0.1) is 15.3 Å². The first kappa shape index (κ1) is 12.7. The average molecular weight is 288 g/mol. The summed E-state index contributed by atoms with van der Waals surface area (Å²) >= 11 is 1.24. The molecule has 3 heterocycles. The molecule has 1 amide bonds. The van der Waals surface area contributed by atoms with Crippen molar-refractivity contribution in [1.82, 2.24) is 29.7 Å². The van der Waals surface area contributed by atoms with E-state index in [1.54, 1.807) is 24.3 Å². The Kier molecular flexibility index (Phi) is 3.38.